The lowest BCUT2D eigenvalue weighted by Gasteiger charge is -2.49. The second-order valence-electron chi connectivity index (χ2n) is 4.34. The lowest BCUT2D eigenvalue weighted by atomic mass is 9.62. The van der Waals surface area contributed by atoms with Crippen molar-refractivity contribution in [3.63, 3.8) is 0 Å². The quantitative estimate of drug-likeness (QED) is 0.713. The fourth-order valence-corrected chi connectivity index (χ4v) is 2.54. The third-order valence-corrected chi connectivity index (χ3v) is 3.29. The smallest absolute Gasteiger partial charge is 0.317 e. The number of rotatable bonds is 1. The summed E-state index contributed by atoms with van der Waals surface area (Å²) in [7, 11) is 0. The number of ether oxygens (including phenoxy) is 1. The van der Waals surface area contributed by atoms with Gasteiger partial charge in [0.2, 0.25) is 0 Å². The normalized spacial score (nSPS) is 27.6. The third kappa shape index (κ3) is 2.20. The van der Waals surface area contributed by atoms with E-state index in [1.165, 1.54) is 0 Å². The van der Waals surface area contributed by atoms with E-state index in [0.717, 1.165) is 25.9 Å². The van der Waals surface area contributed by atoms with Gasteiger partial charge in [-0.25, -0.2) is 0 Å². The van der Waals surface area contributed by atoms with Crippen LogP contribution in [0.3, 0.4) is 0 Å². The van der Waals surface area contributed by atoms with Crippen molar-refractivity contribution in [2.45, 2.75) is 38.1 Å². The van der Waals surface area contributed by atoms with Crippen molar-refractivity contribution in [1.29, 1.82) is 0 Å². The number of hydrogen-bond donors (Lipinski definition) is 1. The van der Waals surface area contributed by atoms with Crippen LogP contribution < -0.4 is 5.32 Å². The molecule has 1 aliphatic carbocycles. The van der Waals surface area contributed by atoms with E-state index in [4.69, 9.17) is 0 Å². The average Bonchev–Trinajstić information content (AvgIpc) is 2.00. The van der Waals surface area contributed by atoms with E-state index < -0.39 is 12.5 Å². The number of halogens is 3. The van der Waals surface area contributed by atoms with Crippen molar-refractivity contribution in [3.05, 3.63) is 0 Å². The van der Waals surface area contributed by atoms with Crippen LogP contribution in [0.25, 0.3) is 0 Å². The molecule has 1 aliphatic heterocycles. The Balaban J connectivity index is 1.78. The predicted octanol–water partition coefficient (Wildman–Crippen LogP) is 2.05. The molecular weight excluding hydrogens is 195 g/mol. The Morgan fingerprint density at radius 1 is 1.14 bits per heavy atom. The van der Waals surface area contributed by atoms with Crippen LogP contribution in [0.2, 0.25) is 0 Å². The number of hydrogen-bond acceptors (Lipinski definition) is 2. The molecule has 0 amide bonds. The fraction of sp³-hybridized carbons (Fsp3) is 1.00. The Bertz CT molecular complexity index is 203. The van der Waals surface area contributed by atoms with Gasteiger partial charge in [-0.1, -0.05) is 0 Å². The summed E-state index contributed by atoms with van der Waals surface area (Å²) in [5.74, 6) is 0. The van der Waals surface area contributed by atoms with E-state index in [9.17, 15) is 13.2 Å². The summed E-state index contributed by atoms with van der Waals surface area (Å²) < 4.78 is 39.5. The summed E-state index contributed by atoms with van der Waals surface area (Å²) in [6, 6.07) is 0. The summed E-state index contributed by atoms with van der Waals surface area (Å²) in [6.07, 6.45) is -1.91. The molecule has 1 spiro atoms. The van der Waals surface area contributed by atoms with Gasteiger partial charge in [-0.15, -0.1) is 13.2 Å². The summed E-state index contributed by atoms with van der Waals surface area (Å²) in [4.78, 5) is 0. The van der Waals surface area contributed by atoms with Crippen LogP contribution in [-0.2, 0) is 4.74 Å². The van der Waals surface area contributed by atoms with Crippen molar-refractivity contribution in [3.8, 4) is 0 Å². The molecule has 2 fully saturated rings. The first kappa shape index (κ1) is 10.2. The molecule has 14 heavy (non-hydrogen) atoms. The molecule has 0 radical (unpaired) electrons. The number of nitrogens with one attached hydrogen (secondary N) is 1. The minimum Gasteiger partial charge on any atom is -0.317 e. The van der Waals surface area contributed by atoms with Gasteiger partial charge in [0.1, 0.15) is 0 Å². The molecule has 1 heterocycles. The van der Waals surface area contributed by atoms with Gasteiger partial charge in [-0.3, -0.25) is 4.74 Å². The van der Waals surface area contributed by atoms with Gasteiger partial charge in [0.05, 0.1) is 6.10 Å². The van der Waals surface area contributed by atoms with Gasteiger partial charge in [-0.05, 0) is 44.2 Å². The minimum absolute atomic E-state index is 0.154. The molecule has 0 bridgehead atoms. The van der Waals surface area contributed by atoms with Crippen molar-refractivity contribution in [1.82, 2.24) is 5.32 Å². The fourth-order valence-electron chi connectivity index (χ4n) is 2.54. The molecule has 5 heteroatoms. The van der Waals surface area contributed by atoms with Crippen LogP contribution in [0.1, 0.15) is 25.7 Å². The Hall–Kier alpha value is -0.290. The van der Waals surface area contributed by atoms with E-state index in [0.29, 0.717) is 12.8 Å². The molecule has 0 aromatic rings. The maximum atomic E-state index is 11.8. The van der Waals surface area contributed by atoms with Crippen LogP contribution in [0.15, 0.2) is 0 Å². The second kappa shape index (κ2) is 3.38. The third-order valence-electron chi connectivity index (χ3n) is 3.29. The first-order chi connectivity index (χ1) is 6.49. The van der Waals surface area contributed by atoms with E-state index in [-0.39, 0.29) is 5.41 Å². The number of piperidine rings is 1. The predicted molar refractivity (Wildman–Crippen MR) is 44.7 cm³/mol. The Morgan fingerprint density at radius 2 is 1.71 bits per heavy atom. The molecular formula is C9H14F3NO. The summed E-state index contributed by atoms with van der Waals surface area (Å²) in [5, 5.41) is 3.21. The van der Waals surface area contributed by atoms with Gasteiger partial charge in [-0.2, -0.15) is 0 Å². The zero-order valence-electron chi connectivity index (χ0n) is 7.86. The first-order valence-electron chi connectivity index (χ1n) is 4.94. The molecule has 2 nitrogen and oxygen atoms in total. The van der Waals surface area contributed by atoms with E-state index in [1.807, 2.05) is 0 Å². The molecule has 2 rings (SSSR count). The first-order valence-corrected chi connectivity index (χ1v) is 4.94. The standard InChI is InChI=1S/C9H14F3NO/c10-9(11,12)14-7-5-8(6-7)1-3-13-4-2-8/h7,13H,1-6H2. The molecule has 0 aromatic heterocycles. The molecule has 1 N–H and O–H groups in total. The lowest BCUT2D eigenvalue weighted by molar-refractivity contribution is -0.360. The van der Waals surface area contributed by atoms with Crippen LogP contribution in [0.4, 0.5) is 13.2 Å². The van der Waals surface area contributed by atoms with Crippen molar-refractivity contribution in [2.24, 2.45) is 5.41 Å². The molecule has 82 valence electrons. The zero-order chi connectivity index (χ0) is 10.2. The monoisotopic (exact) mass is 209 g/mol. The molecule has 2 aliphatic rings. The second-order valence-corrected chi connectivity index (χ2v) is 4.34. The van der Waals surface area contributed by atoms with Gasteiger partial charge < -0.3 is 5.32 Å². The van der Waals surface area contributed by atoms with Crippen LogP contribution in [0, 0.1) is 5.41 Å². The lowest BCUT2D eigenvalue weighted by Crippen LogP contribution is -2.50. The molecule has 0 atom stereocenters. The van der Waals surface area contributed by atoms with Crippen LogP contribution in [-0.4, -0.2) is 25.6 Å². The highest BCUT2D eigenvalue weighted by atomic mass is 19.4. The summed E-state index contributed by atoms with van der Waals surface area (Å²) >= 11 is 0. The maximum absolute atomic E-state index is 11.8. The van der Waals surface area contributed by atoms with E-state index in [1.54, 1.807) is 0 Å². The summed E-state index contributed by atoms with van der Waals surface area (Å²) in [6.45, 7) is 1.86. The van der Waals surface area contributed by atoms with Gasteiger partial charge in [0.15, 0.2) is 0 Å². The van der Waals surface area contributed by atoms with Crippen molar-refractivity contribution in [2.75, 3.05) is 13.1 Å². The maximum Gasteiger partial charge on any atom is 0.522 e. The molecule has 1 saturated heterocycles. The highest BCUT2D eigenvalue weighted by Gasteiger charge is 2.49. The Labute approximate surface area is 80.8 Å². The van der Waals surface area contributed by atoms with Gasteiger partial charge in [0.25, 0.3) is 0 Å². The van der Waals surface area contributed by atoms with E-state index >= 15 is 0 Å². The average molecular weight is 209 g/mol. The van der Waals surface area contributed by atoms with Crippen LogP contribution >= 0.6 is 0 Å². The zero-order valence-corrected chi connectivity index (χ0v) is 7.86. The number of alkyl halides is 3. The van der Waals surface area contributed by atoms with Gasteiger partial charge in [0, 0.05) is 0 Å². The molecule has 1 saturated carbocycles. The van der Waals surface area contributed by atoms with E-state index in [2.05, 4.69) is 10.1 Å². The van der Waals surface area contributed by atoms with Crippen molar-refractivity contribution < 1.29 is 17.9 Å². The van der Waals surface area contributed by atoms with Crippen LogP contribution in [0.5, 0.6) is 0 Å². The SMILES string of the molecule is FC(F)(F)OC1CC2(CCNCC2)C1. The molecule has 0 unspecified atom stereocenters. The minimum atomic E-state index is -4.46. The van der Waals surface area contributed by atoms with Crippen molar-refractivity contribution >= 4 is 0 Å². The highest BCUT2D eigenvalue weighted by molar-refractivity contribution is 4.97. The highest BCUT2D eigenvalue weighted by Crippen LogP contribution is 2.50. The largest absolute Gasteiger partial charge is 0.522 e. The Kier molecular flexibility index (Phi) is 2.47. The summed E-state index contributed by atoms with van der Waals surface area (Å²) in [5.41, 5.74) is 0.154. The topological polar surface area (TPSA) is 21.3 Å². The molecule has 0 aromatic carbocycles. The van der Waals surface area contributed by atoms with Gasteiger partial charge >= 0.3 is 6.36 Å². The Morgan fingerprint density at radius 3 is 2.21 bits per heavy atom.